The highest BCUT2D eigenvalue weighted by atomic mass is 35.5. The van der Waals surface area contributed by atoms with Crippen LogP contribution in [0.15, 0.2) is 36.4 Å². The maximum Gasteiger partial charge on any atom is 0.123 e. The van der Waals surface area contributed by atoms with Crippen LogP contribution >= 0.6 is 11.6 Å². The molecule has 0 heterocycles. The average molecular weight is 297 g/mol. The van der Waals surface area contributed by atoms with Crippen LogP contribution in [0.3, 0.4) is 0 Å². The van der Waals surface area contributed by atoms with Crippen LogP contribution in [0, 0.1) is 18.6 Å². The van der Waals surface area contributed by atoms with E-state index in [1.165, 1.54) is 30.3 Å². The summed E-state index contributed by atoms with van der Waals surface area (Å²) in [6.07, 6.45) is 0.371. The van der Waals surface area contributed by atoms with Gasteiger partial charge in [0.25, 0.3) is 0 Å². The summed E-state index contributed by atoms with van der Waals surface area (Å²) in [6.45, 7) is 1.80. The smallest absolute Gasteiger partial charge is 0.123 e. The molecule has 0 fully saturated rings. The minimum atomic E-state index is -0.365. The van der Waals surface area contributed by atoms with Crippen molar-refractivity contribution in [3.63, 3.8) is 0 Å². The summed E-state index contributed by atoms with van der Waals surface area (Å²) in [7, 11) is 0. The van der Waals surface area contributed by atoms with Crippen molar-refractivity contribution >= 4 is 11.6 Å². The normalized spacial score (nSPS) is 12.4. The number of benzene rings is 2. The van der Waals surface area contributed by atoms with Crippen LogP contribution in [0.2, 0.25) is 5.02 Å². The van der Waals surface area contributed by atoms with Gasteiger partial charge in [-0.1, -0.05) is 17.7 Å². The molecule has 0 spiro atoms. The van der Waals surface area contributed by atoms with E-state index in [1.54, 1.807) is 6.92 Å². The van der Waals surface area contributed by atoms with E-state index in [4.69, 9.17) is 17.4 Å². The van der Waals surface area contributed by atoms with Gasteiger partial charge in [-0.2, -0.15) is 0 Å². The Hall–Kier alpha value is -1.49. The van der Waals surface area contributed by atoms with Gasteiger partial charge in [0.2, 0.25) is 0 Å². The molecule has 2 aromatic rings. The molecule has 2 nitrogen and oxygen atoms in total. The van der Waals surface area contributed by atoms with Gasteiger partial charge in [-0.3, -0.25) is 11.3 Å². The predicted molar refractivity (Wildman–Crippen MR) is 76.3 cm³/mol. The van der Waals surface area contributed by atoms with Crippen molar-refractivity contribution in [1.29, 1.82) is 0 Å². The zero-order chi connectivity index (χ0) is 14.7. The molecule has 0 aliphatic carbocycles. The van der Waals surface area contributed by atoms with Crippen molar-refractivity contribution in [3.8, 4) is 0 Å². The molecule has 0 radical (unpaired) electrons. The lowest BCUT2D eigenvalue weighted by molar-refractivity contribution is 0.541. The van der Waals surface area contributed by atoms with Crippen LogP contribution in [0.1, 0.15) is 22.7 Å². The molecule has 2 rings (SSSR count). The molecule has 0 aliphatic heterocycles. The molecule has 3 N–H and O–H groups in total. The Bertz CT molecular complexity index is 597. The first-order valence-electron chi connectivity index (χ1n) is 6.16. The highest BCUT2D eigenvalue weighted by Crippen LogP contribution is 2.25. The zero-order valence-electron chi connectivity index (χ0n) is 11.0. The van der Waals surface area contributed by atoms with Crippen LogP contribution in [-0.2, 0) is 6.42 Å². The first-order chi connectivity index (χ1) is 9.49. The van der Waals surface area contributed by atoms with Gasteiger partial charge in [0, 0.05) is 5.02 Å². The van der Waals surface area contributed by atoms with E-state index in [9.17, 15) is 8.78 Å². The fourth-order valence-electron chi connectivity index (χ4n) is 2.16. The third kappa shape index (κ3) is 3.54. The minimum absolute atomic E-state index is 0.328. The second kappa shape index (κ2) is 6.31. The van der Waals surface area contributed by atoms with Crippen LogP contribution in [0.4, 0.5) is 8.78 Å². The maximum absolute atomic E-state index is 13.5. The minimum Gasteiger partial charge on any atom is -0.271 e. The summed E-state index contributed by atoms with van der Waals surface area (Å²) in [5.74, 6) is 4.84. The average Bonchev–Trinajstić information content (AvgIpc) is 2.38. The van der Waals surface area contributed by atoms with Gasteiger partial charge in [0.1, 0.15) is 11.6 Å². The van der Waals surface area contributed by atoms with E-state index in [0.717, 1.165) is 5.56 Å². The number of nitrogens with one attached hydrogen (secondary N) is 1. The number of aryl methyl sites for hydroxylation is 1. The molecule has 2 aromatic carbocycles. The lowest BCUT2D eigenvalue weighted by Crippen LogP contribution is -2.29. The van der Waals surface area contributed by atoms with Crippen LogP contribution in [0.5, 0.6) is 0 Å². The highest BCUT2D eigenvalue weighted by molar-refractivity contribution is 6.31. The molecule has 5 heteroatoms. The topological polar surface area (TPSA) is 38.0 Å². The monoisotopic (exact) mass is 296 g/mol. The van der Waals surface area contributed by atoms with Gasteiger partial charge in [0.15, 0.2) is 0 Å². The van der Waals surface area contributed by atoms with Gasteiger partial charge in [0.05, 0.1) is 6.04 Å². The largest absolute Gasteiger partial charge is 0.271 e. The molecule has 0 aromatic heterocycles. The van der Waals surface area contributed by atoms with Gasteiger partial charge >= 0.3 is 0 Å². The predicted octanol–water partition coefficient (Wildman–Crippen LogP) is 3.67. The quantitative estimate of drug-likeness (QED) is 0.667. The number of rotatable bonds is 4. The van der Waals surface area contributed by atoms with Crippen molar-refractivity contribution in [3.05, 3.63) is 69.7 Å². The Kier molecular flexibility index (Phi) is 4.70. The first-order valence-corrected chi connectivity index (χ1v) is 6.54. The lowest BCUT2D eigenvalue weighted by atomic mass is 9.98. The van der Waals surface area contributed by atoms with Crippen molar-refractivity contribution in [2.45, 2.75) is 19.4 Å². The summed E-state index contributed by atoms with van der Waals surface area (Å²) in [5, 5.41) is 0.458. The molecule has 0 amide bonds. The number of hydrazine groups is 1. The van der Waals surface area contributed by atoms with E-state index < -0.39 is 0 Å². The summed E-state index contributed by atoms with van der Waals surface area (Å²) >= 11 is 6.04. The number of hydrogen-bond donors (Lipinski definition) is 2. The van der Waals surface area contributed by atoms with Crippen LogP contribution < -0.4 is 11.3 Å². The molecular formula is C15H15ClF2N2. The molecular weight excluding hydrogens is 282 g/mol. The molecule has 0 aliphatic rings. The molecule has 1 atom stereocenters. The first kappa shape index (κ1) is 14.9. The fourth-order valence-corrected chi connectivity index (χ4v) is 2.35. The van der Waals surface area contributed by atoms with E-state index in [1.807, 2.05) is 6.07 Å². The SMILES string of the molecule is Cc1cc(F)cc(C(Cc2cc(F)ccc2Cl)NN)c1. The van der Waals surface area contributed by atoms with Crippen molar-refractivity contribution in [1.82, 2.24) is 5.43 Å². The number of nitrogens with two attached hydrogens (primary N) is 1. The Morgan fingerprint density at radius 1 is 1.15 bits per heavy atom. The zero-order valence-corrected chi connectivity index (χ0v) is 11.7. The third-order valence-electron chi connectivity index (χ3n) is 3.10. The second-order valence-electron chi connectivity index (χ2n) is 4.72. The third-order valence-corrected chi connectivity index (χ3v) is 3.47. The van der Waals surface area contributed by atoms with Crippen LogP contribution in [0.25, 0.3) is 0 Å². The highest BCUT2D eigenvalue weighted by Gasteiger charge is 2.14. The van der Waals surface area contributed by atoms with Crippen molar-refractivity contribution < 1.29 is 8.78 Å². The number of hydrogen-bond acceptors (Lipinski definition) is 2. The van der Waals surface area contributed by atoms with Gasteiger partial charge < -0.3 is 0 Å². The maximum atomic E-state index is 13.5. The summed E-state index contributed by atoms with van der Waals surface area (Å²) in [6, 6.07) is 8.49. The molecule has 106 valence electrons. The molecule has 20 heavy (non-hydrogen) atoms. The summed E-state index contributed by atoms with van der Waals surface area (Å²) in [4.78, 5) is 0. The second-order valence-corrected chi connectivity index (χ2v) is 5.13. The number of halogens is 3. The Morgan fingerprint density at radius 3 is 2.55 bits per heavy atom. The Morgan fingerprint density at radius 2 is 1.90 bits per heavy atom. The summed E-state index contributed by atoms with van der Waals surface area (Å²) < 4.78 is 26.7. The Labute approximate surface area is 121 Å². The van der Waals surface area contributed by atoms with E-state index >= 15 is 0 Å². The molecule has 0 bridgehead atoms. The van der Waals surface area contributed by atoms with Crippen LogP contribution in [-0.4, -0.2) is 0 Å². The van der Waals surface area contributed by atoms with Crippen molar-refractivity contribution in [2.24, 2.45) is 5.84 Å². The van der Waals surface area contributed by atoms with E-state index in [-0.39, 0.29) is 17.7 Å². The van der Waals surface area contributed by atoms with Gasteiger partial charge in [-0.05, 0) is 60.4 Å². The van der Waals surface area contributed by atoms with Gasteiger partial charge in [-0.15, -0.1) is 0 Å². The van der Waals surface area contributed by atoms with E-state index in [0.29, 0.717) is 22.6 Å². The fraction of sp³-hybridized carbons (Fsp3) is 0.200. The molecule has 1 unspecified atom stereocenters. The summed E-state index contributed by atoms with van der Waals surface area (Å²) in [5.41, 5.74) is 4.74. The van der Waals surface area contributed by atoms with Crippen molar-refractivity contribution in [2.75, 3.05) is 0 Å². The van der Waals surface area contributed by atoms with Gasteiger partial charge in [-0.25, -0.2) is 8.78 Å². The molecule has 0 saturated heterocycles. The standard InChI is InChI=1S/C15H15ClF2N2/c1-9-4-11(7-13(18)5-9)15(20-19)8-10-6-12(17)2-3-14(10)16/h2-7,15,20H,8,19H2,1H3. The lowest BCUT2D eigenvalue weighted by Gasteiger charge is -2.18. The molecule has 0 saturated carbocycles. The Balaban J connectivity index is 2.30. The van der Waals surface area contributed by atoms with E-state index in [2.05, 4.69) is 5.43 Å².